The van der Waals surface area contributed by atoms with E-state index in [-0.39, 0.29) is 0 Å². The van der Waals surface area contributed by atoms with Crippen molar-refractivity contribution in [3.05, 3.63) is 29.3 Å². The van der Waals surface area contributed by atoms with E-state index in [9.17, 15) is 0 Å². The minimum Gasteiger partial charge on any atom is -0.496 e. The Balaban J connectivity index is 3.14. The Morgan fingerprint density at radius 3 is 2.40 bits per heavy atom. The highest BCUT2D eigenvalue weighted by Gasteiger charge is 2.14. The van der Waals surface area contributed by atoms with E-state index >= 15 is 0 Å². The predicted molar refractivity (Wildman–Crippen MR) is 61.0 cm³/mol. The fourth-order valence-electron chi connectivity index (χ4n) is 1.52. The van der Waals surface area contributed by atoms with Crippen molar-refractivity contribution in [1.82, 2.24) is 0 Å². The molecule has 0 spiro atoms. The number of nitriles is 1. The van der Waals surface area contributed by atoms with Crippen LogP contribution in [0.15, 0.2) is 18.2 Å². The lowest BCUT2D eigenvalue weighted by Gasteiger charge is -2.18. The summed E-state index contributed by atoms with van der Waals surface area (Å²) in [4.78, 5) is 0. The van der Waals surface area contributed by atoms with Crippen molar-refractivity contribution in [2.45, 2.75) is 26.7 Å². The van der Waals surface area contributed by atoms with Crippen LogP contribution in [0.1, 0.15) is 37.8 Å². The molecule has 1 rings (SSSR count). The normalized spacial score (nSPS) is 12.3. The second-order valence-electron chi connectivity index (χ2n) is 4.10. The Labute approximate surface area is 91.5 Å². The first-order chi connectivity index (χ1) is 7.10. The number of rotatable bonds is 3. The van der Waals surface area contributed by atoms with E-state index in [0.29, 0.717) is 17.4 Å². The maximum Gasteiger partial charge on any atom is 0.123 e. The Bertz CT molecular complexity index is 377. The summed E-state index contributed by atoms with van der Waals surface area (Å²) in [6, 6.07) is 7.75. The quantitative estimate of drug-likeness (QED) is 0.755. The van der Waals surface area contributed by atoms with Crippen molar-refractivity contribution < 1.29 is 4.74 Å². The van der Waals surface area contributed by atoms with Crippen LogP contribution in [-0.4, -0.2) is 7.11 Å². The van der Waals surface area contributed by atoms with Gasteiger partial charge in [-0.2, -0.15) is 5.26 Å². The van der Waals surface area contributed by atoms with E-state index in [1.807, 2.05) is 12.1 Å². The van der Waals surface area contributed by atoms with Gasteiger partial charge in [-0.1, -0.05) is 26.8 Å². The maximum absolute atomic E-state index is 8.79. The van der Waals surface area contributed by atoms with Gasteiger partial charge < -0.3 is 4.74 Å². The van der Waals surface area contributed by atoms with Crippen molar-refractivity contribution >= 4 is 0 Å². The first kappa shape index (κ1) is 11.6. The van der Waals surface area contributed by atoms with Crippen LogP contribution in [0.25, 0.3) is 0 Å². The maximum atomic E-state index is 8.79. The minimum absolute atomic E-state index is 0.438. The molecule has 0 bridgehead atoms. The number of nitrogens with zero attached hydrogens (tertiary/aromatic N) is 1. The summed E-state index contributed by atoms with van der Waals surface area (Å²) >= 11 is 0. The van der Waals surface area contributed by atoms with Gasteiger partial charge in [0.2, 0.25) is 0 Å². The van der Waals surface area contributed by atoms with Crippen LogP contribution >= 0.6 is 0 Å². The molecular weight excluding hydrogens is 186 g/mol. The molecule has 0 radical (unpaired) electrons. The molecular formula is C13H17NO. The Hall–Kier alpha value is -1.49. The summed E-state index contributed by atoms with van der Waals surface area (Å²) in [6.07, 6.45) is 0. The van der Waals surface area contributed by atoms with Gasteiger partial charge in [-0.15, -0.1) is 0 Å². The standard InChI is InChI=1S/C13H17NO/c1-9(2)10(3)12-6-5-11(8-14)7-13(12)15-4/h5-7,9-10H,1-4H3. The van der Waals surface area contributed by atoms with Crippen LogP contribution in [0, 0.1) is 17.2 Å². The summed E-state index contributed by atoms with van der Waals surface area (Å²) in [7, 11) is 1.65. The first-order valence-corrected chi connectivity index (χ1v) is 5.18. The van der Waals surface area contributed by atoms with E-state index in [4.69, 9.17) is 10.00 Å². The number of hydrogen-bond acceptors (Lipinski definition) is 2. The molecule has 0 aliphatic heterocycles. The summed E-state index contributed by atoms with van der Waals surface area (Å²) in [5.41, 5.74) is 1.82. The first-order valence-electron chi connectivity index (χ1n) is 5.18. The summed E-state index contributed by atoms with van der Waals surface area (Å²) < 4.78 is 5.31. The minimum atomic E-state index is 0.438. The average molecular weight is 203 g/mol. The lowest BCUT2D eigenvalue weighted by molar-refractivity contribution is 0.398. The molecule has 2 nitrogen and oxygen atoms in total. The summed E-state index contributed by atoms with van der Waals surface area (Å²) in [6.45, 7) is 6.54. The third kappa shape index (κ3) is 2.50. The average Bonchev–Trinajstić information content (AvgIpc) is 2.27. The van der Waals surface area contributed by atoms with Gasteiger partial charge >= 0.3 is 0 Å². The third-order valence-electron chi connectivity index (χ3n) is 2.85. The molecule has 0 amide bonds. The van der Waals surface area contributed by atoms with E-state index in [1.165, 1.54) is 5.56 Å². The summed E-state index contributed by atoms with van der Waals surface area (Å²) in [5.74, 6) is 1.81. The van der Waals surface area contributed by atoms with Crippen LogP contribution in [-0.2, 0) is 0 Å². The van der Waals surface area contributed by atoms with E-state index in [2.05, 4.69) is 26.8 Å². The Morgan fingerprint density at radius 2 is 1.93 bits per heavy atom. The predicted octanol–water partition coefficient (Wildman–Crippen LogP) is 3.33. The van der Waals surface area contributed by atoms with Gasteiger partial charge in [0.1, 0.15) is 5.75 Å². The van der Waals surface area contributed by atoms with E-state index in [0.717, 1.165) is 5.75 Å². The van der Waals surface area contributed by atoms with Gasteiger partial charge in [0.15, 0.2) is 0 Å². The van der Waals surface area contributed by atoms with Crippen molar-refractivity contribution in [2.75, 3.05) is 7.11 Å². The number of ether oxygens (including phenoxy) is 1. The molecule has 0 saturated carbocycles. The topological polar surface area (TPSA) is 33.0 Å². The molecule has 2 heteroatoms. The third-order valence-corrected chi connectivity index (χ3v) is 2.85. The lowest BCUT2D eigenvalue weighted by atomic mass is 9.89. The smallest absolute Gasteiger partial charge is 0.123 e. The summed E-state index contributed by atoms with van der Waals surface area (Å²) in [5, 5.41) is 8.79. The highest BCUT2D eigenvalue weighted by Crippen LogP contribution is 2.31. The van der Waals surface area contributed by atoms with E-state index in [1.54, 1.807) is 13.2 Å². The van der Waals surface area contributed by atoms with Crippen molar-refractivity contribution in [2.24, 2.45) is 5.92 Å². The van der Waals surface area contributed by atoms with Crippen LogP contribution in [0.3, 0.4) is 0 Å². The van der Waals surface area contributed by atoms with Crippen molar-refractivity contribution in [1.29, 1.82) is 5.26 Å². The molecule has 0 aromatic heterocycles. The second kappa shape index (κ2) is 4.84. The number of methoxy groups -OCH3 is 1. The van der Waals surface area contributed by atoms with E-state index < -0.39 is 0 Å². The monoisotopic (exact) mass is 203 g/mol. The van der Waals surface area contributed by atoms with Gasteiger partial charge in [-0.25, -0.2) is 0 Å². The van der Waals surface area contributed by atoms with Gasteiger partial charge in [-0.3, -0.25) is 0 Å². The second-order valence-corrected chi connectivity index (χ2v) is 4.10. The molecule has 1 unspecified atom stereocenters. The zero-order valence-electron chi connectivity index (χ0n) is 9.74. The van der Waals surface area contributed by atoms with Gasteiger partial charge in [0.05, 0.1) is 18.7 Å². The Morgan fingerprint density at radius 1 is 1.27 bits per heavy atom. The van der Waals surface area contributed by atoms with Crippen LogP contribution in [0.2, 0.25) is 0 Å². The molecule has 1 atom stereocenters. The van der Waals surface area contributed by atoms with Gasteiger partial charge in [0, 0.05) is 0 Å². The molecule has 15 heavy (non-hydrogen) atoms. The van der Waals surface area contributed by atoms with Crippen molar-refractivity contribution in [3.8, 4) is 11.8 Å². The fourth-order valence-corrected chi connectivity index (χ4v) is 1.52. The zero-order chi connectivity index (χ0) is 11.4. The largest absolute Gasteiger partial charge is 0.496 e. The molecule has 0 N–H and O–H groups in total. The highest BCUT2D eigenvalue weighted by molar-refractivity contribution is 5.44. The molecule has 0 aliphatic rings. The van der Waals surface area contributed by atoms with Crippen LogP contribution in [0.4, 0.5) is 0 Å². The van der Waals surface area contributed by atoms with Gasteiger partial charge in [-0.05, 0) is 29.5 Å². The van der Waals surface area contributed by atoms with Crippen molar-refractivity contribution in [3.63, 3.8) is 0 Å². The molecule has 0 aliphatic carbocycles. The van der Waals surface area contributed by atoms with Crippen LogP contribution < -0.4 is 4.74 Å². The molecule has 1 aromatic carbocycles. The highest BCUT2D eigenvalue weighted by atomic mass is 16.5. The zero-order valence-corrected chi connectivity index (χ0v) is 9.74. The molecule has 0 heterocycles. The lowest BCUT2D eigenvalue weighted by Crippen LogP contribution is -2.04. The fraction of sp³-hybridized carbons (Fsp3) is 0.462. The van der Waals surface area contributed by atoms with Crippen LogP contribution in [0.5, 0.6) is 5.75 Å². The SMILES string of the molecule is COc1cc(C#N)ccc1C(C)C(C)C. The molecule has 80 valence electrons. The molecule has 0 saturated heterocycles. The Kier molecular flexibility index (Phi) is 3.74. The molecule has 0 fully saturated rings. The molecule has 1 aromatic rings. The number of benzene rings is 1. The number of hydrogen-bond donors (Lipinski definition) is 0. The van der Waals surface area contributed by atoms with Gasteiger partial charge in [0.25, 0.3) is 0 Å².